The second kappa shape index (κ2) is 7.60. The van der Waals surface area contributed by atoms with E-state index in [1.54, 1.807) is 20.4 Å². The zero-order chi connectivity index (χ0) is 17.8. The van der Waals surface area contributed by atoms with Gasteiger partial charge in [-0.05, 0) is 35.4 Å². The Labute approximate surface area is 148 Å². The fourth-order valence-electron chi connectivity index (χ4n) is 2.70. The highest BCUT2D eigenvalue weighted by Gasteiger charge is 2.11. The second-order valence-electron chi connectivity index (χ2n) is 5.35. The number of nitrogens with zero attached hydrogens (tertiary/aromatic N) is 1. The highest BCUT2D eigenvalue weighted by molar-refractivity contribution is 7.77. The third-order valence-corrected chi connectivity index (χ3v) is 4.30. The number of methoxy groups -OCH3 is 2. The van der Waals surface area contributed by atoms with Crippen molar-refractivity contribution < 1.29 is 18.2 Å². The first-order valence-corrected chi connectivity index (χ1v) is 8.67. The Bertz CT molecular complexity index is 930. The van der Waals surface area contributed by atoms with Gasteiger partial charge in [0.25, 0.3) is 0 Å². The number of aromatic nitrogens is 1. The highest BCUT2D eigenvalue weighted by atomic mass is 32.2. The van der Waals surface area contributed by atoms with Gasteiger partial charge in [-0.1, -0.05) is 12.1 Å². The topological polar surface area (TPSA) is 80.7 Å². The molecule has 0 saturated heterocycles. The van der Waals surface area contributed by atoms with Crippen molar-refractivity contribution in [3.63, 3.8) is 0 Å². The quantitative estimate of drug-likeness (QED) is 0.662. The summed E-state index contributed by atoms with van der Waals surface area (Å²) in [6, 6.07) is 13.4. The molecule has 0 aliphatic carbocycles. The minimum Gasteiger partial charge on any atom is -0.497 e. The molecule has 0 aliphatic rings. The molecule has 130 valence electrons. The van der Waals surface area contributed by atoms with E-state index in [0.29, 0.717) is 5.75 Å². The summed E-state index contributed by atoms with van der Waals surface area (Å²) >= 11 is -2.05. The lowest BCUT2D eigenvalue weighted by Crippen LogP contribution is -2.15. The number of pyridine rings is 1. The molecule has 0 saturated carbocycles. The van der Waals surface area contributed by atoms with Gasteiger partial charge in [0.2, 0.25) is 11.3 Å². The van der Waals surface area contributed by atoms with E-state index in [4.69, 9.17) is 14.0 Å². The van der Waals surface area contributed by atoms with Crippen LogP contribution in [0, 0.1) is 0 Å². The van der Waals surface area contributed by atoms with E-state index in [2.05, 4.69) is 9.71 Å². The predicted molar refractivity (Wildman–Crippen MR) is 97.9 cm³/mol. The Morgan fingerprint density at radius 2 is 1.92 bits per heavy atom. The number of fused-ring (bicyclic) bond motifs is 1. The van der Waals surface area contributed by atoms with E-state index in [1.165, 1.54) is 0 Å². The Balaban J connectivity index is 2.06. The zero-order valence-corrected chi connectivity index (χ0v) is 14.7. The van der Waals surface area contributed by atoms with Gasteiger partial charge in [0.05, 0.1) is 19.7 Å². The SMILES string of the molecule is COc1ccc2c(-c3ccc(CNS(=O)O)cc3OC)ccnc2c1. The van der Waals surface area contributed by atoms with Crippen LogP contribution in [0.2, 0.25) is 0 Å². The molecule has 0 spiro atoms. The summed E-state index contributed by atoms with van der Waals surface area (Å²) in [4.78, 5) is 4.41. The largest absolute Gasteiger partial charge is 0.497 e. The first-order chi connectivity index (χ1) is 12.1. The molecule has 0 bridgehead atoms. The number of hydrogen-bond donors (Lipinski definition) is 2. The second-order valence-corrected chi connectivity index (χ2v) is 6.13. The summed E-state index contributed by atoms with van der Waals surface area (Å²) in [7, 11) is 3.23. The van der Waals surface area contributed by atoms with E-state index in [9.17, 15) is 4.21 Å². The molecule has 3 rings (SSSR count). The molecule has 6 nitrogen and oxygen atoms in total. The van der Waals surface area contributed by atoms with Gasteiger partial charge in [-0.3, -0.25) is 9.54 Å². The van der Waals surface area contributed by atoms with Crippen LogP contribution in [0.3, 0.4) is 0 Å². The molecule has 2 N–H and O–H groups in total. The lowest BCUT2D eigenvalue weighted by atomic mass is 9.99. The third kappa shape index (κ3) is 3.79. The van der Waals surface area contributed by atoms with Gasteiger partial charge in [0.15, 0.2) is 0 Å². The normalized spacial score (nSPS) is 12.1. The van der Waals surface area contributed by atoms with Gasteiger partial charge in [0, 0.05) is 29.8 Å². The van der Waals surface area contributed by atoms with E-state index >= 15 is 0 Å². The molecule has 0 aliphatic heterocycles. The Morgan fingerprint density at radius 1 is 1.08 bits per heavy atom. The van der Waals surface area contributed by atoms with Crippen molar-refractivity contribution in [2.45, 2.75) is 6.54 Å². The van der Waals surface area contributed by atoms with Gasteiger partial charge in [0.1, 0.15) is 11.5 Å². The molecule has 1 unspecified atom stereocenters. The maximum Gasteiger partial charge on any atom is 0.232 e. The van der Waals surface area contributed by atoms with Gasteiger partial charge in [-0.15, -0.1) is 0 Å². The van der Waals surface area contributed by atoms with E-state index in [-0.39, 0.29) is 6.54 Å². The van der Waals surface area contributed by atoms with E-state index < -0.39 is 11.3 Å². The van der Waals surface area contributed by atoms with Gasteiger partial charge < -0.3 is 9.47 Å². The van der Waals surface area contributed by atoms with Crippen molar-refractivity contribution in [2.75, 3.05) is 14.2 Å². The van der Waals surface area contributed by atoms with Crippen molar-refractivity contribution in [3.8, 4) is 22.6 Å². The smallest absolute Gasteiger partial charge is 0.232 e. The van der Waals surface area contributed by atoms with Crippen molar-refractivity contribution in [3.05, 3.63) is 54.2 Å². The lowest BCUT2D eigenvalue weighted by molar-refractivity contribution is 0.415. The average Bonchev–Trinajstić information content (AvgIpc) is 2.65. The van der Waals surface area contributed by atoms with Crippen LogP contribution < -0.4 is 14.2 Å². The van der Waals surface area contributed by atoms with E-state index in [0.717, 1.165) is 33.3 Å². The number of hydrogen-bond acceptors (Lipinski definition) is 4. The van der Waals surface area contributed by atoms with Crippen LogP contribution in [0.15, 0.2) is 48.7 Å². The third-order valence-electron chi connectivity index (χ3n) is 3.91. The molecule has 25 heavy (non-hydrogen) atoms. The minimum atomic E-state index is -2.05. The molecule has 0 fully saturated rings. The van der Waals surface area contributed by atoms with Crippen LogP contribution >= 0.6 is 0 Å². The van der Waals surface area contributed by atoms with Gasteiger partial charge in [-0.2, -0.15) is 0 Å². The maximum absolute atomic E-state index is 10.8. The predicted octanol–water partition coefficient (Wildman–Crippen LogP) is 3.15. The Morgan fingerprint density at radius 3 is 2.64 bits per heavy atom. The van der Waals surface area contributed by atoms with Crippen LogP contribution in [-0.4, -0.2) is 28.0 Å². The number of ether oxygens (including phenoxy) is 2. The molecule has 1 aromatic heterocycles. The molecule has 3 aromatic rings. The highest BCUT2D eigenvalue weighted by Crippen LogP contribution is 2.35. The van der Waals surface area contributed by atoms with Crippen LogP contribution in [0.4, 0.5) is 0 Å². The summed E-state index contributed by atoms with van der Waals surface area (Å²) in [6.45, 7) is 0.272. The first kappa shape index (κ1) is 17.3. The molecule has 7 heteroatoms. The van der Waals surface area contributed by atoms with Gasteiger partial charge in [-0.25, -0.2) is 8.93 Å². The number of rotatable bonds is 6. The number of nitrogens with one attached hydrogen (secondary N) is 1. The molecule has 2 aromatic carbocycles. The van der Waals surface area contributed by atoms with Crippen LogP contribution in [0.1, 0.15) is 5.56 Å². The summed E-state index contributed by atoms with van der Waals surface area (Å²) < 4.78 is 32.9. The zero-order valence-electron chi connectivity index (χ0n) is 13.9. The Kier molecular flexibility index (Phi) is 5.28. The van der Waals surface area contributed by atoms with Crippen LogP contribution in [-0.2, 0) is 17.8 Å². The Hall–Kier alpha value is -2.48. The monoisotopic (exact) mass is 358 g/mol. The van der Waals surface area contributed by atoms with Gasteiger partial charge >= 0.3 is 0 Å². The fraction of sp³-hybridized carbons (Fsp3) is 0.167. The summed E-state index contributed by atoms with van der Waals surface area (Å²) in [5.74, 6) is 1.44. The molecule has 0 amide bonds. The maximum atomic E-state index is 10.8. The standard InChI is InChI=1S/C18H18N2O4S/c1-23-13-4-6-15-14(7-8-19-17(15)10-13)16-5-3-12(9-18(16)24-2)11-20-25(21)22/h3-10,20H,11H2,1-2H3,(H,21,22). The van der Waals surface area contributed by atoms with Crippen LogP contribution in [0.25, 0.3) is 22.0 Å². The fourth-order valence-corrected chi connectivity index (χ4v) is 2.99. The number of benzene rings is 2. The summed E-state index contributed by atoms with van der Waals surface area (Å²) in [5, 5.41) is 0.990. The average molecular weight is 358 g/mol. The molecule has 0 radical (unpaired) electrons. The molecule has 1 atom stereocenters. The van der Waals surface area contributed by atoms with Crippen molar-refractivity contribution in [2.24, 2.45) is 0 Å². The molecule has 1 heterocycles. The molecular formula is C18H18N2O4S. The van der Waals surface area contributed by atoms with Crippen molar-refractivity contribution >= 4 is 22.2 Å². The van der Waals surface area contributed by atoms with Crippen LogP contribution in [0.5, 0.6) is 11.5 Å². The first-order valence-electron chi connectivity index (χ1n) is 7.57. The van der Waals surface area contributed by atoms with Crippen molar-refractivity contribution in [1.82, 2.24) is 9.71 Å². The molecular weight excluding hydrogens is 340 g/mol. The van der Waals surface area contributed by atoms with E-state index in [1.807, 2.05) is 42.5 Å². The summed E-state index contributed by atoms with van der Waals surface area (Å²) in [5.41, 5.74) is 3.60. The lowest BCUT2D eigenvalue weighted by Gasteiger charge is -2.13. The minimum absolute atomic E-state index is 0.272. The summed E-state index contributed by atoms with van der Waals surface area (Å²) in [6.07, 6.45) is 1.75. The van der Waals surface area contributed by atoms with Crippen molar-refractivity contribution in [1.29, 1.82) is 0 Å².